The molecule has 0 radical (unpaired) electrons. The van der Waals surface area contributed by atoms with Crippen LogP contribution in [-0.4, -0.2) is 19.6 Å². The van der Waals surface area contributed by atoms with Gasteiger partial charge in [0, 0.05) is 12.1 Å². The van der Waals surface area contributed by atoms with E-state index in [2.05, 4.69) is 5.32 Å². The molecule has 0 atom stereocenters. The molecule has 110 valence electrons. The first-order valence-corrected chi connectivity index (χ1v) is 6.94. The highest BCUT2D eigenvalue weighted by molar-refractivity contribution is 6.33. The third-order valence-electron chi connectivity index (χ3n) is 3.14. The van der Waals surface area contributed by atoms with Gasteiger partial charge in [0.05, 0.1) is 17.8 Å². The Bertz CT molecular complexity index is 644. The van der Waals surface area contributed by atoms with E-state index < -0.39 is 0 Å². The summed E-state index contributed by atoms with van der Waals surface area (Å²) in [5, 5.41) is 3.23. The highest BCUT2D eigenvalue weighted by Crippen LogP contribution is 2.20. The topological polar surface area (TPSA) is 64.3 Å². The fraction of sp³-hybridized carbons (Fsp3) is 0.188. The number of carbonyl (C=O) groups excluding carboxylic acids is 1. The van der Waals surface area contributed by atoms with Gasteiger partial charge in [0.2, 0.25) is 0 Å². The lowest BCUT2D eigenvalue weighted by molar-refractivity contribution is 0.0954. The van der Waals surface area contributed by atoms with E-state index in [0.29, 0.717) is 29.2 Å². The molecule has 0 saturated carbocycles. The molecule has 2 rings (SSSR count). The molecule has 0 unspecified atom stereocenters. The number of hydrogen-bond donors (Lipinski definition) is 2. The van der Waals surface area contributed by atoms with Crippen LogP contribution in [0.5, 0.6) is 5.75 Å². The second kappa shape index (κ2) is 6.99. The average molecular weight is 305 g/mol. The summed E-state index contributed by atoms with van der Waals surface area (Å²) in [6.45, 7) is 0.515. The number of carbonyl (C=O) groups is 1. The zero-order chi connectivity index (χ0) is 15.2. The van der Waals surface area contributed by atoms with E-state index in [9.17, 15) is 4.79 Å². The quantitative estimate of drug-likeness (QED) is 0.835. The van der Waals surface area contributed by atoms with Crippen molar-refractivity contribution in [3.63, 3.8) is 0 Å². The van der Waals surface area contributed by atoms with Gasteiger partial charge in [-0.05, 0) is 36.2 Å². The monoisotopic (exact) mass is 304 g/mol. The third-order valence-corrected chi connectivity index (χ3v) is 3.46. The smallest absolute Gasteiger partial charge is 0.251 e. The molecule has 2 aromatic rings. The molecule has 21 heavy (non-hydrogen) atoms. The Morgan fingerprint density at radius 2 is 2.05 bits per heavy atom. The molecule has 0 aliphatic heterocycles. The molecule has 4 nitrogen and oxygen atoms in total. The number of rotatable bonds is 5. The van der Waals surface area contributed by atoms with Crippen LogP contribution in [0.15, 0.2) is 42.5 Å². The molecule has 0 saturated heterocycles. The maximum atomic E-state index is 12.0. The number of nitrogen functional groups attached to an aromatic ring is 1. The fourth-order valence-corrected chi connectivity index (χ4v) is 2.17. The summed E-state index contributed by atoms with van der Waals surface area (Å²) in [5.41, 5.74) is 7.63. The summed E-state index contributed by atoms with van der Waals surface area (Å²) >= 11 is 5.91. The number of benzene rings is 2. The van der Waals surface area contributed by atoms with Crippen LogP contribution in [0.25, 0.3) is 0 Å². The van der Waals surface area contributed by atoms with Gasteiger partial charge < -0.3 is 15.8 Å². The predicted molar refractivity (Wildman–Crippen MR) is 84.9 cm³/mol. The largest absolute Gasteiger partial charge is 0.496 e. The molecule has 0 fully saturated rings. The molecule has 5 heteroatoms. The van der Waals surface area contributed by atoms with Crippen LogP contribution in [0.2, 0.25) is 5.02 Å². The molecule has 0 aliphatic rings. The van der Waals surface area contributed by atoms with Gasteiger partial charge in [0.15, 0.2) is 0 Å². The van der Waals surface area contributed by atoms with Crippen molar-refractivity contribution in [3.8, 4) is 5.75 Å². The van der Waals surface area contributed by atoms with Gasteiger partial charge in [0.25, 0.3) is 5.91 Å². The standard InChI is InChI=1S/C16H17ClN2O2/c1-21-15-5-3-2-4-11(15)8-9-19-16(20)12-6-7-14(18)13(17)10-12/h2-7,10H,8-9,18H2,1H3,(H,19,20). The number of para-hydroxylation sites is 1. The minimum Gasteiger partial charge on any atom is -0.496 e. The Labute approximate surface area is 128 Å². The maximum Gasteiger partial charge on any atom is 0.251 e. The van der Waals surface area contributed by atoms with Crippen LogP contribution in [-0.2, 0) is 6.42 Å². The van der Waals surface area contributed by atoms with E-state index in [0.717, 1.165) is 11.3 Å². The van der Waals surface area contributed by atoms with E-state index in [1.165, 1.54) is 0 Å². The SMILES string of the molecule is COc1ccccc1CCNC(=O)c1ccc(N)c(Cl)c1. The number of methoxy groups -OCH3 is 1. The fourth-order valence-electron chi connectivity index (χ4n) is 1.99. The summed E-state index contributed by atoms with van der Waals surface area (Å²) in [6.07, 6.45) is 0.693. The van der Waals surface area contributed by atoms with Gasteiger partial charge in [0.1, 0.15) is 5.75 Å². The Kier molecular flexibility index (Phi) is 5.06. The second-order valence-corrected chi connectivity index (χ2v) is 4.96. The van der Waals surface area contributed by atoms with Gasteiger partial charge >= 0.3 is 0 Å². The zero-order valence-electron chi connectivity index (χ0n) is 11.7. The third kappa shape index (κ3) is 3.89. The van der Waals surface area contributed by atoms with Gasteiger partial charge in [-0.1, -0.05) is 29.8 Å². The van der Waals surface area contributed by atoms with Crippen LogP contribution in [0.1, 0.15) is 15.9 Å². The number of ether oxygens (including phenoxy) is 1. The van der Waals surface area contributed by atoms with Crippen LogP contribution >= 0.6 is 11.6 Å². The summed E-state index contributed by atoms with van der Waals surface area (Å²) in [4.78, 5) is 12.0. The van der Waals surface area contributed by atoms with Gasteiger partial charge in [-0.3, -0.25) is 4.79 Å². The average Bonchev–Trinajstić information content (AvgIpc) is 2.50. The number of anilines is 1. The van der Waals surface area contributed by atoms with Crippen molar-refractivity contribution in [2.24, 2.45) is 0 Å². The van der Waals surface area contributed by atoms with Crippen LogP contribution in [0.3, 0.4) is 0 Å². The molecule has 0 heterocycles. The number of nitrogens with two attached hydrogens (primary N) is 1. The maximum absolute atomic E-state index is 12.0. The zero-order valence-corrected chi connectivity index (χ0v) is 12.5. The van der Waals surface area contributed by atoms with Gasteiger partial charge in [-0.15, -0.1) is 0 Å². The van der Waals surface area contributed by atoms with E-state index in [1.54, 1.807) is 25.3 Å². The lowest BCUT2D eigenvalue weighted by Gasteiger charge is -2.09. The van der Waals surface area contributed by atoms with Crippen molar-refractivity contribution in [3.05, 3.63) is 58.6 Å². The van der Waals surface area contributed by atoms with Crippen molar-refractivity contribution in [1.82, 2.24) is 5.32 Å². The molecule has 0 aromatic heterocycles. The molecule has 3 N–H and O–H groups in total. The van der Waals surface area contributed by atoms with E-state index in [1.807, 2.05) is 24.3 Å². The Hall–Kier alpha value is -2.20. The first-order chi connectivity index (χ1) is 10.1. The van der Waals surface area contributed by atoms with Crippen molar-refractivity contribution in [2.75, 3.05) is 19.4 Å². The second-order valence-electron chi connectivity index (χ2n) is 4.55. The van der Waals surface area contributed by atoms with Crippen molar-refractivity contribution >= 4 is 23.2 Å². The Morgan fingerprint density at radius 1 is 1.29 bits per heavy atom. The number of amides is 1. The highest BCUT2D eigenvalue weighted by atomic mass is 35.5. The number of hydrogen-bond acceptors (Lipinski definition) is 3. The Balaban J connectivity index is 1.93. The van der Waals surface area contributed by atoms with Crippen LogP contribution in [0.4, 0.5) is 5.69 Å². The number of nitrogens with one attached hydrogen (secondary N) is 1. The van der Waals surface area contributed by atoms with E-state index in [-0.39, 0.29) is 5.91 Å². The molecular formula is C16H17ClN2O2. The normalized spacial score (nSPS) is 10.2. The molecule has 0 bridgehead atoms. The first kappa shape index (κ1) is 15.2. The molecular weight excluding hydrogens is 288 g/mol. The first-order valence-electron chi connectivity index (χ1n) is 6.57. The molecule has 0 aliphatic carbocycles. The highest BCUT2D eigenvalue weighted by Gasteiger charge is 2.08. The van der Waals surface area contributed by atoms with Crippen molar-refractivity contribution < 1.29 is 9.53 Å². The van der Waals surface area contributed by atoms with Crippen molar-refractivity contribution in [1.29, 1.82) is 0 Å². The van der Waals surface area contributed by atoms with Gasteiger partial charge in [-0.2, -0.15) is 0 Å². The summed E-state index contributed by atoms with van der Waals surface area (Å²) < 4.78 is 5.27. The minimum atomic E-state index is -0.174. The van der Waals surface area contributed by atoms with Crippen LogP contribution < -0.4 is 15.8 Å². The summed E-state index contributed by atoms with van der Waals surface area (Å²) in [6, 6.07) is 12.6. The van der Waals surface area contributed by atoms with E-state index in [4.69, 9.17) is 22.1 Å². The predicted octanol–water partition coefficient (Wildman–Crippen LogP) is 2.90. The minimum absolute atomic E-state index is 0.174. The van der Waals surface area contributed by atoms with E-state index >= 15 is 0 Å². The lowest BCUT2D eigenvalue weighted by Crippen LogP contribution is -2.25. The molecule has 1 amide bonds. The van der Waals surface area contributed by atoms with Crippen LogP contribution in [0, 0.1) is 0 Å². The molecule has 2 aromatic carbocycles. The van der Waals surface area contributed by atoms with Crippen molar-refractivity contribution in [2.45, 2.75) is 6.42 Å². The number of halogens is 1. The molecule has 0 spiro atoms. The lowest BCUT2D eigenvalue weighted by atomic mass is 10.1. The summed E-state index contributed by atoms with van der Waals surface area (Å²) in [5.74, 6) is 0.647. The van der Waals surface area contributed by atoms with Gasteiger partial charge in [-0.25, -0.2) is 0 Å². The Morgan fingerprint density at radius 3 is 2.76 bits per heavy atom. The summed E-state index contributed by atoms with van der Waals surface area (Å²) in [7, 11) is 1.63.